The van der Waals surface area contributed by atoms with E-state index < -0.39 is 23.5 Å². The van der Waals surface area contributed by atoms with Crippen molar-refractivity contribution in [1.29, 1.82) is 0 Å². The van der Waals surface area contributed by atoms with Crippen LogP contribution in [0.15, 0.2) is 0 Å². The summed E-state index contributed by atoms with van der Waals surface area (Å²) in [6.07, 6.45) is -3.96. The molecule has 1 saturated carbocycles. The first-order valence-corrected chi connectivity index (χ1v) is 6.10. The molecular formula is C12H21F3N2O. The van der Waals surface area contributed by atoms with Crippen LogP contribution in [0.25, 0.3) is 0 Å². The molecule has 106 valence electrons. The molecule has 1 amide bonds. The van der Waals surface area contributed by atoms with Gasteiger partial charge in [0, 0.05) is 6.54 Å². The Balaban J connectivity index is 2.64. The maximum Gasteiger partial charge on any atom is 0.411 e. The predicted molar refractivity (Wildman–Crippen MR) is 62.8 cm³/mol. The molecule has 0 bridgehead atoms. The molecule has 1 unspecified atom stereocenters. The van der Waals surface area contributed by atoms with Crippen molar-refractivity contribution in [2.75, 3.05) is 6.54 Å². The summed E-state index contributed by atoms with van der Waals surface area (Å²) in [5.74, 6) is -1.15. The van der Waals surface area contributed by atoms with Crippen LogP contribution in [0.4, 0.5) is 13.2 Å². The van der Waals surface area contributed by atoms with Crippen LogP contribution in [-0.2, 0) is 4.79 Å². The number of hydrogen-bond donors (Lipinski definition) is 2. The van der Waals surface area contributed by atoms with Crippen molar-refractivity contribution < 1.29 is 18.0 Å². The quantitative estimate of drug-likeness (QED) is 0.819. The largest absolute Gasteiger partial charge is 0.411 e. The predicted octanol–water partition coefficient (Wildman–Crippen LogP) is 2.21. The van der Waals surface area contributed by atoms with E-state index in [0.717, 1.165) is 0 Å². The minimum atomic E-state index is -4.37. The third-order valence-electron chi connectivity index (χ3n) is 3.17. The molecule has 0 aromatic heterocycles. The van der Waals surface area contributed by atoms with E-state index in [9.17, 15) is 18.0 Å². The molecule has 1 aliphatic carbocycles. The normalized spacial score (nSPS) is 20.4. The van der Waals surface area contributed by atoms with E-state index in [-0.39, 0.29) is 24.8 Å². The lowest BCUT2D eigenvalue weighted by Crippen LogP contribution is -2.51. The smallest absolute Gasteiger partial charge is 0.342 e. The molecule has 3 nitrogen and oxygen atoms in total. The summed E-state index contributed by atoms with van der Waals surface area (Å²) in [5, 5.41) is 2.14. The molecule has 0 heterocycles. The second kappa shape index (κ2) is 4.72. The maximum absolute atomic E-state index is 12.7. The Labute approximate surface area is 105 Å². The second-order valence-corrected chi connectivity index (χ2v) is 6.27. The van der Waals surface area contributed by atoms with Crippen LogP contribution in [0.5, 0.6) is 0 Å². The molecule has 1 rings (SSSR count). The zero-order chi connectivity index (χ0) is 14.2. The molecule has 0 aliphatic heterocycles. The van der Waals surface area contributed by atoms with Gasteiger partial charge in [-0.15, -0.1) is 0 Å². The molecule has 3 N–H and O–H groups in total. The van der Waals surface area contributed by atoms with Crippen LogP contribution in [0.2, 0.25) is 0 Å². The third kappa shape index (κ3) is 3.60. The van der Waals surface area contributed by atoms with Crippen molar-refractivity contribution in [3.63, 3.8) is 0 Å². The van der Waals surface area contributed by atoms with Gasteiger partial charge < -0.3 is 11.1 Å². The van der Waals surface area contributed by atoms with Gasteiger partial charge in [0.2, 0.25) is 5.91 Å². The zero-order valence-corrected chi connectivity index (χ0v) is 11.0. The summed E-state index contributed by atoms with van der Waals surface area (Å²) in [6.45, 7) is 5.86. The summed E-state index contributed by atoms with van der Waals surface area (Å²) in [5.41, 5.74) is 3.35. The number of halogens is 3. The maximum atomic E-state index is 12.7. The number of carbonyl (C=O) groups is 1. The van der Waals surface area contributed by atoms with Crippen LogP contribution >= 0.6 is 0 Å². The van der Waals surface area contributed by atoms with E-state index in [2.05, 4.69) is 5.32 Å². The molecule has 6 heteroatoms. The molecule has 0 spiro atoms. The average molecular weight is 266 g/mol. The average Bonchev–Trinajstić information content (AvgIpc) is 2.92. The number of amides is 1. The second-order valence-electron chi connectivity index (χ2n) is 6.27. The van der Waals surface area contributed by atoms with Gasteiger partial charge in [0.05, 0.1) is 5.92 Å². The Morgan fingerprint density at radius 1 is 1.33 bits per heavy atom. The van der Waals surface area contributed by atoms with E-state index in [1.165, 1.54) is 0 Å². The van der Waals surface area contributed by atoms with E-state index in [4.69, 9.17) is 5.73 Å². The minimum Gasteiger partial charge on any atom is -0.342 e. The molecule has 1 fully saturated rings. The molecule has 1 aliphatic rings. The molecule has 0 radical (unpaired) electrons. The van der Waals surface area contributed by atoms with Gasteiger partial charge in [0.15, 0.2) is 0 Å². The van der Waals surface area contributed by atoms with Gasteiger partial charge in [0.1, 0.15) is 5.54 Å². The Hall–Kier alpha value is -0.780. The molecular weight excluding hydrogens is 245 g/mol. The summed E-state index contributed by atoms with van der Waals surface area (Å²) in [6, 6.07) is 0. The van der Waals surface area contributed by atoms with Crippen molar-refractivity contribution in [1.82, 2.24) is 5.32 Å². The van der Waals surface area contributed by atoms with Gasteiger partial charge in [-0.25, -0.2) is 0 Å². The number of rotatable bonds is 4. The van der Waals surface area contributed by atoms with Gasteiger partial charge in [-0.1, -0.05) is 20.8 Å². The first kappa shape index (κ1) is 15.3. The van der Waals surface area contributed by atoms with Crippen molar-refractivity contribution in [3.05, 3.63) is 0 Å². The standard InChI is InChI=1S/C12H21F3N2O/c1-10(2,3)6-8(7-16)9(18)17-11(4-5-11)12(13,14)15/h8H,4-7,16H2,1-3H3,(H,17,18). The number of nitrogens with one attached hydrogen (secondary N) is 1. The zero-order valence-electron chi connectivity index (χ0n) is 11.0. The Morgan fingerprint density at radius 2 is 1.83 bits per heavy atom. The highest BCUT2D eigenvalue weighted by molar-refractivity contribution is 5.80. The highest BCUT2D eigenvalue weighted by atomic mass is 19.4. The third-order valence-corrected chi connectivity index (χ3v) is 3.17. The van der Waals surface area contributed by atoms with Crippen LogP contribution in [0.1, 0.15) is 40.0 Å². The van der Waals surface area contributed by atoms with E-state index in [1.54, 1.807) is 0 Å². The summed E-state index contributed by atoms with van der Waals surface area (Å²) in [4.78, 5) is 11.9. The summed E-state index contributed by atoms with van der Waals surface area (Å²) >= 11 is 0. The lowest BCUT2D eigenvalue weighted by atomic mass is 9.84. The Morgan fingerprint density at radius 3 is 2.11 bits per heavy atom. The van der Waals surface area contributed by atoms with Crippen molar-refractivity contribution in [3.8, 4) is 0 Å². The topological polar surface area (TPSA) is 55.1 Å². The van der Waals surface area contributed by atoms with Crippen LogP contribution in [0.3, 0.4) is 0 Å². The van der Waals surface area contributed by atoms with Crippen LogP contribution < -0.4 is 11.1 Å². The fourth-order valence-electron chi connectivity index (χ4n) is 1.96. The van der Waals surface area contributed by atoms with Gasteiger partial charge in [-0.2, -0.15) is 13.2 Å². The Bertz CT molecular complexity index is 316. The van der Waals surface area contributed by atoms with E-state index >= 15 is 0 Å². The minimum absolute atomic E-state index is 0.0327. The monoisotopic (exact) mass is 266 g/mol. The molecule has 1 atom stereocenters. The molecule has 0 aromatic rings. The van der Waals surface area contributed by atoms with Gasteiger partial charge in [-0.05, 0) is 24.7 Å². The van der Waals surface area contributed by atoms with Crippen molar-refractivity contribution in [2.45, 2.75) is 51.7 Å². The number of hydrogen-bond acceptors (Lipinski definition) is 2. The summed E-state index contributed by atoms with van der Waals surface area (Å²) < 4.78 is 38.1. The highest BCUT2D eigenvalue weighted by Gasteiger charge is 2.64. The van der Waals surface area contributed by atoms with Gasteiger partial charge in [-0.3, -0.25) is 4.79 Å². The van der Waals surface area contributed by atoms with E-state index in [0.29, 0.717) is 6.42 Å². The lowest BCUT2D eigenvalue weighted by Gasteiger charge is -2.27. The van der Waals surface area contributed by atoms with Crippen LogP contribution in [-0.4, -0.2) is 24.2 Å². The number of carbonyl (C=O) groups excluding carboxylic acids is 1. The molecule has 18 heavy (non-hydrogen) atoms. The van der Waals surface area contributed by atoms with Crippen LogP contribution in [0, 0.1) is 11.3 Å². The molecule has 0 aromatic carbocycles. The lowest BCUT2D eigenvalue weighted by molar-refractivity contribution is -0.171. The van der Waals surface area contributed by atoms with Gasteiger partial charge >= 0.3 is 6.18 Å². The van der Waals surface area contributed by atoms with Gasteiger partial charge in [0.25, 0.3) is 0 Å². The first-order chi connectivity index (χ1) is 8.01. The van der Waals surface area contributed by atoms with E-state index in [1.807, 2.05) is 20.8 Å². The fourth-order valence-corrected chi connectivity index (χ4v) is 1.96. The first-order valence-electron chi connectivity index (χ1n) is 6.10. The number of alkyl halides is 3. The number of nitrogens with two attached hydrogens (primary N) is 1. The SMILES string of the molecule is CC(C)(C)CC(CN)C(=O)NC1(C(F)(F)F)CC1. The Kier molecular flexibility index (Phi) is 4.00. The highest BCUT2D eigenvalue weighted by Crippen LogP contribution is 2.49. The fraction of sp³-hybridized carbons (Fsp3) is 0.917. The summed E-state index contributed by atoms with van der Waals surface area (Å²) in [7, 11) is 0. The van der Waals surface area contributed by atoms with Crippen molar-refractivity contribution >= 4 is 5.91 Å². The van der Waals surface area contributed by atoms with Crippen molar-refractivity contribution in [2.24, 2.45) is 17.1 Å². The molecule has 0 saturated heterocycles.